The molecular formula is C15H14FNO. The summed E-state index contributed by atoms with van der Waals surface area (Å²) in [7, 11) is 0. The smallest absolute Gasteiger partial charge is 0.137 e. The molecule has 0 aliphatic carbocycles. The molecule has 0 N–H and O–H groups in total. The highest BCUT2D eigenvalue weighted by Crippen LogP contribution is 2.07. The van der Waals surface area contributed by atoms with Crippen molar-refractivity contribution in [3.05, 3.63) is 65.7 Å². The molecular weight excluding hydrogens is 229 g/mol. The monoisotopic (exact) mass is 243 g/mol. The number of ketones is 1. The number of aryl methyl sites for hydroxylation is 1. The van der Waals surface area contributed by atoms with E-state index in [1.807, 2.05) is 12.1 Å². The first-order valence-corrected chi connectivity index (χ1v) is 5.89. The molecule has 0 aliphatic heterocycles. The third-order valence-corrected chi connectivity index (χ3v) is 2.73. The number of rotatable bonds is 5. The van der Waals surface area contributed by atoms with Crippen molar-refractivity contribution >= 4 is 5.78 Å². The first kappa shape index (κ1) is 12.4. The molecule has 3 heteroatoms. The van der Waals surface area contributed by atoms with Crippen LogP contribution in [0.1, 0.15) is 17.5 Å². The second-order valence-corrected chi connectivity index (χ2v) is 4.20. The van der Waals surface area contributed by atoms with Gasteiger partial charge in [-0.25, -0.2) is 4.39 Å². The highest BCUT2D eigenvalue weighted by atomic mass is 19.1. The molecule has 0 bridgehead atoms. The first-order chi connectivity index (χ1) is 8.74. The maximum atomic E-state index is 12.7. The second-order valence-electron chi connectivity index (χ2n) is 4.20. The van der Waals surface area contributed by atoms with Crippen LogP contribution in [0.5, 0.6) is 0 Å². The van der Waals surface area contributed by atoms with Crippen LogP contribution in [0, 0.1) is 5.82 Å². The van der Waals surface area contributed by atoms with E-state index in [1.165, 1.54) is 12.1 Å². The van der Waals surface area contributed by atoms with Gasteiger partial charge in [-0.15, -0.1) is 0 Å². The van der Waals surface area contributed by atoms with Crippen molar-refractivity contribution in [2.45, 2.75) is 19.3 Å². The van der Waals surface area contributed by atoms with Crippen LogP contribution in [0.2, 0.25) is 0 Å². The summed E-state index contributed by atoms with van der Waals surface area (Å²) in [6, 6.07) is 9.88. The third kappa shape index (κ3) is 3.77. The Hall–Kier alpha value is -2.03. The molecule has 92 valence electrons. The molecule has 1 heterocycles. The predicted octanol–water partition coefficient (Wildman–Crippen LogP) is 2.97. The zero-order chi connectivity index (χ0) is 12.8. The van der Waals surface area contributed by atoms with E-state index in [4.69, 9.17) is 0 Å². The maximum Gasteiger partial charge on any atom is 0.137 e. The van der Waals surface area contributed by atoms with Gasteiger partial charge in [0.15, 0.2) is 0 Å². The van der Waals surface area contributed by atoms with E-state index in [0.717, 1.165) is 11.1 Å². The Labute approximate surface area is 105 Å². The molecule has 0 amide bonds. The van der Waals surface area contributed by atoms with E-state index < -0.39 is 0 Å². The van der Waals surface area contributed by atoms with Crippen LogP contribution in [-0.4, -0.2) is 10.8 Å². The van der Waals surface area contributed by atoms with Crippen molar-refractivity contribution in [1.82, 2.24) is 4.98 Å². The molecule has 2 rings (SSSR count). The zero-order valence-electron chi connectivity index (χ0n) is 9.97. The molecule has 2 aromatic rings. The summed E-state index contributed by atoms with van der Waals surface area (Å²) in [4.78, 5) is 15.8. The predicted molar refractivity (Wildman–Crippen MR) is 67.7 cm³/mol. The van der Waals surface area contributed by atoms with E-state index >= 15 is 0 Å². The van der Waals surface area contributed by atoms with Crippen LogP contribution >= 0.6 is 0 Å². The first-order valence-electron chi connectivity index (χ1n) is 5.89. The number of halogens is 1. The summed E-state index contributed by atoms with van der Waals surface area (Å²) in [6.45, 7) is 0. The number of aromatic nitrogens is 1. The van der Waals surface area contributed by atoms with E-state index in [0.29, 0.717) is 19.3 Å². The van der Waals surface area contributed by atoms with Gasteiger partial charge in [0.1, 0.15) is 11.6 Å². The molecule has 0 aliphatic rings. The van der Waals surface area contributed by atoms with Crippen molar-refractivity contribution in [2.75, 3.05) is 0 Å². The Bertz CT molecular complexity index is 508. The molecule has 0 atom stereocenters. The van der Waals surface area contributed by atoms with Gasteiger partial charge in [0.25, 0.3) is 0 Å². The number of carbonyl (C=O) groups excluding carboxylic acids is 1. The van der Waals surface area contributed by atoms with Gasteiger partial charge in [0.2, 0.25) is 0 Å². The van der Waals surface area contributed by atoms with Gasteiger partial charge in [-0.1, -0.05) is 18.2 Å². The lowest BCUT2D eigenvalue weighted by molar-refractivity contribution is -0.118. The fraction of sp³-hybridized carbons (Fsp3) is 0.200. The minimum Gasteiger partial charge on any atom is -0.299 e. The molecule has 0 saturated carbocycles. The summed E-state index contributed by atoms with van der Waals surface area (Å²) in [5.74, 6) is -0.118. The minimum absolute atomic E-state index is 0.158. The highest BCUT2D eigenvalue weighted by molar-refractivity contribution is 5.81. The molecule has 0 spiro atoms. The highest BCUT2D eigenvalue weighted by Gasteiger charge is 2.04. The fourth-order valence-electron chi connectivity index (χ4n) is 1.75. The van der Waals surface area contributed by atoms with Gasteiger partial charge in [0, 0.05) is 25.2 Å². The van der Waals surface area contributed by atoms with Crippen LogP contribution in [-0.2, 0) is 17.6 Å². The van der Waals surface area contributed by atoms with Crippen molar-refractivity contribution in [3.8, 4) is 0 Å². The molecule has 0 radical (unpaired) electrons. The van der Waals surface area contributed by atoms with E-state index in [9.17, 15) is 9.18 Å². The quantitative estimate of drug-likeness (QED) is 0.808. The van der Waals surface area contributed by atoms with Gasteiger partial charge in [-0.3, -0.25) is 9.78 Å². The van der Waals surface area contributed by atoms with Crippen LogP contribution in [0.25, 0.3) is 0 Å². The van der Waals surface area contributed by atoms with Gasteiger partial charge in [-0.2, -0.15) is 0 Å². The molecule has 1 aromatic carbocycles. The molecule has 0 unspecified atom stereocenters. The average molecular weight is 243 g/mol. The van der Waals surface area contributed by atoms with Gasteiger partial charge in [-0.05, 0) is 35.7 Å². The summed E-state index contributed by atoms with van der Waals surface area (Å²) in [5, 5.41) is 0. The largest absolute Gasteiger partial charge is 0.299 e. The number of hydrogen-bond donors (Lipinski definition) is 0. The fourth-order valence-corrected chi connectivity index (χ4v) is 1.75. The molecule has 18 heavy (non-hydrogen) atoms. The average Bonchev–Trinajstić information content (AvgIpc) is 2.40. The standard InChI is InChI=1S/C15H14FNO/c16-14-6-3-12(4-7-14)10-15(18)8-5-13-2-1-9-17-11-13/h1-4,6-7,9,11H,5,8,10H2. The van der Waals surface area contributed by atoms with Crippen molar-refractivity contribution in [2.24, 2.45) is 0 Å². The molecule has 1 aromatic heterocycles. The zero-order valence-corrected chi connectivity index (χ0v) is 9.97. The van der Waals surface area contributed by atoms with Crippen LogP contribution in [0.4, 0.5) is 4.39 Å². The lowest BCUT2D eigenvalue weighted by Gasteiger charge is -2.02. The van der Waals surface area contributed by atoms with E-state index in [-0.39, 0.29) is 11.6 Å². The topological polar surface area (TPSA) is 30.0 Å². The van der Waals surface area contributed by atoms with Crippen molar-refractivity contribution in [1.29, 1.82) is 0 Å². The molecule has 0 fully saturated rings. The van der Waals surface area contributed by atoms with Crippen molar-refractivity contribution in [3.63, 3.8) is 0 Å². The van der Waals surface area contributed by atoms with Gasteiger partial charge in [0.05, 0.1) is 0 Å². The normalized spacial score (nSPS) is 10.3. The van der Waals surface area contributed by atoms with Gasteiger partial charge >= 0.3 is 0 Å². The van der Waals surface area contributed by atoms with Crippen LogP contribution < -0.4 is 0 Å². The summed E-state index contributed by atoms with van der Waals surface area (Å²) in [5.41, 5.74) is 1.91. The number of hydrogen-bond acceptors (Lipinski definition) is 2. The Morgan fingerprint density at radius 1 is 1.11 bits per heavy atom. The van der Waals surface area contributed by atoms with Crippen LogP contribution in [0.15, 0.2) is 48.8 Å². The lowest BCUT2D eigenvalue weighted by atomic mass is 10.0. The number of benzene rings is 1. The lowest BCUT2D eigenvalue weighted by Crippen LogP contribution is -2.04. The van der Waals surface area contributed by atoms with Gasteiger partial charge < -0.3 is 0 Å². The summed E-state index contributed by atoms with van der Waals surface area (Å²) < 4.78 is 12.7. The molecule has 2 nitrogen and oxygen atoms in total. The second kappa shape index (κ2) is 6.05. The van der Waals surface area contributed by atoms with E-state index in [1.54, 1.807) is 24.5 Å². The summed E-state index contributed by atoms with van der Waals surface area (Å²) in [6.07, 6.45) is 5.03. The SMILES string of the molecule is O=C(CCc1cccnc1)Cc1ccc(F)cc1. The Kier molecular flexibility index (Phi) is 4.18. The number of pyridine rings is 1. The van der Waals surface area contributed by atoms with Crippen molar-refractivity contribution < 1.29 is 9.18 Å². The Morgan fingerprint density at radius 2 is 1.89 bits per heavy atom. The maximum absolute atomic E-state index is 12.7. The number of nitrogens with zero attached hydrogens (tertiary/aromatic N) is 1. The van der Waals surface area contributed by atoms with Crippen LogP contribution in [0.3, 0.4) is 0 Å². The number of carbonyl (C=O) groups is 1. The van der Waals surface area contributed by atoms with E-state index in [2.05, 4.69) is 4.98 Å². The Morgan fingerprint density at radius 3 is 2.56 bits per heavy atom. The summed E-state index contributed by atoms with van der Waals surface area (Å²) >= 11 is 0. The Balaban J connectivity index is 1.84. The third-order valence-electron chi connectivity index (χ3n) is 2.73. The molecule has 0 saturated heterocycles. The minimum atomic E-state index is -0.276. The number of Topliss-reactive ketones (excluding diaryl/α,β-unsaturated/α-hetero) is 1.